The second-order valence-corrected chi connectivity index (χ2v) is 10.2. The first kappa shape index (κ1) is 26.7. The van der Waals surface area contributed by atoms with Gasteiger partial charge in [-0.2, -0.15) is 13.2 Å². The molecule has 204 valence electrons. The molecule has 9 heteroatoms. The molecule has 3 amide bonds. The molecule has 2 aliphatic rings. The number of carbonyl (C=O) groups excluding carboxylic acids is 2. The van der Waals surface area contributed by atoms with Crippen LogP contribution in [-0.2, 0) is 19.1 Å². The zero-order chi connectivity index (χ0) is 27.6. The van der Waals surface area contributed by atoms with E-state index in [0.717, 1.165) is 38.5 Å². The molecule has 1 fully saturated rings. The SMILES string of the molecule is Cc1cc2c(cc1C(F)(F)F)N(C(=O)Nc1cccc(C(=O)NC3CCN(Cc4ccccc4)CC3)c1)CC2. The molecule has 0 saturated carbocycles. The van der Waals surface area contributed by atoms with Crippen LogP contribution in [0.25, 0.3) is 0 Å². The predicted molar refractivity (Wildman–Crippen MR) is 145 cm³/mol. The highest BCUT2D eigenvalue weighted by Gasteiger charge is 2.36. The average molecular weight is 537 g/mol. The zero-order valence-corrected chi connectivity index (χ0v) is 21.7. The zero-order valence-electron chi connectivity index (χ0n) is 21.7. The molecular weight excluding hydrogens is 505 g/mol. The molecule has 3 aromatic rings. The van der Waals surface area contributed by atoms with Crippen LogP contribution in [-0.4, -0.2) is 42.5 Å². The molecule has 0 aliphatic carbocycles. The summed E-state index contributed by atoms with van der Waals surface area (Å²) in [5.41, 5.74) is 2.46. The van der Waals surface area contributed by atoms with E-state index in [0.29, 0.717) is 23.2 Å². The summed E-state index contributed by atoms with van der Waals surface area (Å²) in [6.45, 7) is 4.38. The van der Waals surface area contributed by atoms with Crippen molar-refractivity contribution in [2.24, 2.45) is 0 Å². The standard InChI is InChI=1S/C30H31F3N4O2/c1-20-16-22-10-15-37(27(22)18-26(20)30(31,32)33)29(39)35-25-9-5-8-23(17-25)28(38)34-24-11-13-36(14-12-24)19-21-6-3-2-4-7-21/h2-9,16-18,24H,10-15,19H2,1H3,(H,34,38)(H,35,39). The van der Waals surface area contributed by atoms with Gasteiger partial charge in [0.25, 0.3) is 5.91 Å². The number of anilines is 2. The van der Waals surface area contributed by atoms with Gasteiger partial charge in [-0.15, -0.1) is 0 Å². The summed E-state index contributed by atoms with van der Waals surface area (Å²) >= 11 is 0. The summed E-state index contributed by atoms with van der Waals surface area (Å²) in [4.78, 5) is 29.7. The monoisotopic (exact) mass is 536 g/mol. The second-order valence-electron chi connectivity index (χ2n) is 10.2. The number of rotatable bonds is 5. The largest absolute Gasteiger partial charge is 0.416 e. The fraction of sp³-hybridized carbons (Fsp3) is 0.333. The quantitative estimate of drug-likeness (QED) is 0.420. The number of benzene rings is 3. The molecule has 2 heterocycles. The van der Waals surface area contributed by atoms with E-state index in [1.165, 1.54) is 23.5 Å². The summed E-state index contributed by atoms with van der Waals surface area (Å²) in [5.74, 6) is -0.218. The van der Waals surface area contributed by atoms with Gasteiger partial charge >= 0.3 is 12.2 Å². The number of urea groups is 1. The number of hydrogen-bond acceptors (Lipinski definition) is 3. The molecule has 1 saturated heterocycles. The van der Waals surface area contributed by atoms with E-state index in [9.17, 15) is 22.8 Å². The first-order valence-electron chi connectivity index (χ1n) is 13.1. The number of nitrogens with zero attached hydrogens (tertiary/aromatic N) is 2. The van der Waals surface area contributed by atoms with Crippen LogP contribution >= 0.6 is 0 Å². The maximum Gasteiger partial charge on any atom is 0.416 e. The topological polar surface area (TPSA) is 64.7 Å². The van der Waals surface area contributed by atoms with Crippen molar-refractivity contribution in [2.75, 3.05) is 29.9 Å². The Hall–Kier alpha value is -3.85. The number of hydrogen-bond donors (Lipinski definition) is 2. The van der Waals surface area contributed by atoms with Crippen LogP contribution in [0, 0.1) is 6.92 Å². The van der Waals surface area contributed by atoms with Gasteiger partial charge in [-0.1, -0.05) is 42.5 Å². The second kappa shape index (κ2) is 11.1. The highest BCUT2D eigenvalue weighted by molar-refractivity contribution is 6.04. The van der Waals surface area contributed by atoms with E-state index in [4.69, 9.17) is 0 Å². The third-order valence-electron chi connectivity index (χ3n) is 7.42. The molecule has 0 bridgehead atoms. The maximum atomic E-state index is 13.4. The van der Waals surface area contributed by atoms with Gasteiger partial charge < -0.3 is 10.6 Å². The maximum absolute atomic E-state index is 13.4. The van der Waals surface area contributed by atoms with E-state index in [1.54, 1.807) is 24.3 Å². The molecule has 0 radical (unpaired) electrons. The van der Waals surface area contributed by atoms with Gasteiger partial charge in [-0.05, 0) is 67.1 Å². The van der Waals surface area contributed by atoms with Crippen LogP contribution in [0.2, 0.25) is 0 Å². The summed E-state index contributed by atoms with van der Waals surface area (Å²) < 4.78 is 40.3. The highest BCUT2D eigenvalue weighted by Crippen LogP contribution is 2.38. The Morgan fingerprint density at radius 1 is 0.949 bits per heavy atom. The van der Waals surface area contributed by atoms with Gasteiger partial charge in [0.05, 0.1) is 5.56 Å². The Morgan fingerprint density at radius 3 is 2.41 bits per heavy atom. The normalized spacial score (nSPS) is 16.2. The van der Waals surface area contributed by atoms with Crippen LogP contribution in [0.4, 0.5) is 29.3 Å². The van der Waals surface area contributed by atoms with Crippen molar-refractivity contribution in [1.82, 2.24) is 10.2 Å². The van der Waals surface area contributed by atoms with Gasteiger partial charge in [-0.3, -0.25) is 14.6 Å². The predicted octanol–water partition coefficient (Wildman–Crippen LogP) is 6.00. The van der Waals surface area contributed by atoms with Crippen LogP contribution in [0.15, 0.2) is 66.7 Å². The number of piperidine rings is 1. The molecule has 0 atom stereocenters. The van der Waals surface area contributed by atoms with Gasteiger partial charge in [0.15, 0.2) is 0 Å². The van der Waals surface area contributed by atoms with Crippen molar-refractivity contribution >= 4 is 23.3 Å². The number of carbonyl (C=O) groups is 2. The minimum absolute atomic E-state index is 0.0650. The minimum atomic E-state index is -4.50. The smallest absolute Gasteiger partial charge is 0.349 e. The van der Waals surface area contributed by atoms with Crippen LogP contribution in [0.3, 0.4) is 0 Å². The molecule has 6 nitrogen and oxygen atoms in total. The molecule has 2 aliphatic heterocycles. The van der Waals surface area contributed by atoms with Crippen molar-refractivity contribution in [3.05, 3.63) is 94.5 Å². The number of amides is 3. The van der Waals surface area contributed by atoms with Crippen molar-refractivity contribution in [2.45, 2.75) is 44.9 Å². The number of aryl methyl sites for hydroxylation is 1. The Morgan fingerprint density at radius 2 is 1.69 bits per heavy atom. The van der Waals surface area contributed by atoms with E-state index in [-0.39, 0.29) is 29.7 Å². The number of halogens is 3. The Balaban J connectivity index is 1.18. The summed E-state index contributed by atoms with van der Waals surface area (Å²) in [6, 6.07) is 19.0. The van der Waals surface area contributed by atoms with Crippen molar-refractivity contribution in [3.8, 4) is 0 Å². The lowest BCUT2D eigenvalue weighted by Crippen LogP contribution is -2.44. The lowest BCUT2D eigenvalue weighted by Gasteiger charge is -2.32. The molecule has 0 aromatic heterocycles. The molecule has 3 aromatic carbocycles. The average Bonchev–Trinajstić information content (AvgIpc) is 3.32. The van der Waals surface area contributed by atoms with Gasteiger partial charge in [-0.25, -0.2) is 4.79 Å². The summed E-state index contributed by atoms with van der Waals surface area (Å²) in [6.07, 6.45) is -2.32. The molecular formula is C30H31F3N4O2. The molecule has 2 N–H and O–H groups in total. The molecule has 0 spiro atoms. The Labute approximate surface area is 225 Å². The van der Waals surface area contributed by atoms with E-state index in [2.05, 4.69) is 27.7 Å². The number of alkyl halides is 3. The van der Waals surface area contributed by atoms with Crippen LogP contribution in [0.5, 0.6) is 0 Å². The number of fused-ring (bicyclic) bond motifs is 1. The minimum Gasteiger partial charge on any atom is -0.349 e. The van der Waals surface area contributed by atoms with E-state index < -0.39 is 17.8 Å². The van der Waals surface area contributed by atoms with Crippen molar-refractivity contribution in [1.29, 1.82) is 0 Å². The lowest BCUT2D eigenvalue weighted by atomic mass is 10.0. The number of nitrogens with one attached hydrogen (secondary N) is 2. The van der Waals surface area contributed by atoms with Crippen LogP contribution in [0.1, 0.15) is 45.5 Å². The fourth-order valence-corrected chi connectivity index (χ4v) is 5.35. The summed E-state index contributed by atoms with van der Waals surface area (Å²) in [7, 11) is 0. The Kier molecular flexibility index (Phi) is 7.61. The van der Waals surface area contributed by atoms with Gasteiger partial charge in [0.1, 0.15) is 0 Å². The highest BCUT2D eigenvalue weighted by atomic mass is 19.4. The van der Waals surface area contributed by atoms with Crippen LogP contribution < -0.4 is 15.5 Å². The molecule has 5 rings (SSSR count). The third kappa shape index (κ3) is 6.25. The first-order chi connectivity index (χ1) is 18.7. The van der Waals surface area contributed by atoms with E-state index >= 15 is 0 Å². The lowest BCUT2D eigenvalue weighted by molar-refractivity contribution is -0.138. The summed E-state index contributed by atoms with van der Waals surface area (Å²) in [5, 5.41) is 5.84. The number of likely N-dealkylation sites (tertiary alicyclic amines) is 1. The van der Waals surface area contributed by atoms with E-state index in [1.807, 2.05) is 18.2 Å². The molecule has 39 heavy (non-hydrogen) atoms. The Bertz CT molecular complexity index is 1350. The van der Waals surface area contributed by atoms with Crippen molar-refractivity contribution in [3.63, 3.8) is 0 Å². The third-order valence-corrected chi connectivity index (χ3v) is 7.42. The van der Waals surface area contributed by atoms with Crippen molar-refractivity contribution < 1.29 is 22.8 Å². The van der Waals surface area contributed by atoms with Gasteiger partial charge in [0.2, 0.25) is 0 Å². The first-order valence-corrected chi connectivity index (χ1v) is 13.1. The van der Waals surface area contributed by atoms with Gasteiger partial charge in [0, 0.05) is 49.2 Å². The molecule has 0 unspecified atom stereocenters. The fourth-order valence-electron chi connectivity index (χ4n) is 5.35.